The van der Waals surface area contributed by atoms with Crippen LogP contribution in [0.4, 0.5) is 17.1 Å². The molecule has 1 aliphatic heterocycles. The quantitative estimate of drug-likeness (QED) is 0.186. The van der Waals surface area contributed by atoms with E-state index in [9.17, 15) is 0 Å². The van der Waals surface area contributed by atoms with E-state index in [1.54, 1.807) is 0 Å². The Morgan fingerprint density at radius 3 is 2.12 bits per heavy atom. The van der Waals surface area contributed by atoms with Gasteiger partial charge in [-0.2, -0.15) is 0 Å². The van der Waals surface area contributed by atoms with E-state index in [1.165, 1.54) is 73.6 Å². The van der Waals surface area contributed by atoms with E-state index < -0.39 is 0 Å². The molecule has 3 atom stereocenters. The van der Waals surface area contributed by atoms with Crippen molar-refractivity contribution in [2.45, 2.75) is 95.3 Å². The Balaban J connectivity index is 1.14. The fraction of sp³-hybridized carbons (Fsp3) is 0.388. The molecule has 3 heteroatoms. The minimum Gasteiger partial charge on any atom is -0.457 e. The highest BCUT2D eigenvalue weighted by Crippen LogP contribution is 2.67. The molecule has 12 rings (SSSR count). The van der Waals surface area contributed by atoms with Crippen molar-refractivity contribution in [2.24, 2.45) is 23.7 Å². The van der Waals surface area contributed by atoms with Crippen LogP contribution in [-0.2, 0) is 16.2 Å². The molecule has 52 heavy (non-hydrogen) atoms. The average Bonchev–Trinajstić information content (AvgIpc) is 3.78. The van der Waals surface area contributed by atoms with Crippen molar-refractivity contribution < 1.29 is 9.15 Å². The third-order valence-electron chi connectivity index (χ3n) is 14.7. The lowest BCUT2D eigenvalue weighted by Crippen LogP contribution is -2.51. The summed E-state index contributed by atoms with van der Waals surface area (Å²) in [7, 11) is 0. The standard InChI is InChI=1S/C49H49NO2/c1-47(2)22-23-48(3,4)41-28-34(18-20-38(41)47)50(42-13-9-11-37-36-10-5-7-14-43(36)52-46(37)42)35-19-21-40-45(29-35)51-44-15-8-6-12-39(44)49(40)32-17-16-30(25-32)24-31-26-33(49)27-31/h5-15,18-21,28-33H,16-17,22-27H2,1-4H3. The molecule has 0 N–H and O–H groups in total. The summed E-state index contributed by atoms with van der Waals surface area (Å²) in [6, 6.07) is 38.6. The zero-order valence-electron chi connectivity index (χ0n) is 31.0. The Morgan fingerprint density at radius 2 is 1.25 bits per heavy atom. The largest absolute Gasteiger partial charge is 0.457 e. The van der Waals surface area contributed by atoms with E-state index in [1.807, 2.05) is 0 Å². The molecule has 0 saturated heterocycles. The van der Waals surface area contributed by atoms with E-state index >= 15 is 0 Å². The van der Waals surface area contributed by atoms with Crippen molar-refractivity contribution in [3.05, 3.63) is 125 Å². The second-order valence-electron chi connectivity index (χ2n) is 18.4. The minimum atomic E-state index is 0.0133. The summed E-state index contributed by atoms with van der Waals surface area (Å²) in [5.41, 5.74) is 11.2. The molecule has 4 saturated carbocycles. The lowest BCUT2D eigenvalue weighted by Gasteiger charge is -2.56. The number of benzene rings is 5. The molecule has 5 aliphatic carbocycles. The molecule has 262 valence electrons. The van der Waals surface area contributed by atoms with Crippen molar-refractivity contribution in [2.75, 3.05) is 4.90 Å². The third kappa shape index (κ3) is 4.26. The van der Waals surface area contributed by atoms with Crippen LogP contribution < -0.4 is 9.64 Å². The van der Waals surface area contributed by atoms with Crippen LogP contribution in [-0.4, -0.2) is 0 Å². The molecule has 6 aliphatic rings. The van der Waals surface area contributed by atoms with Gasteiger partial charge < -0.3 is 14.1 Å². The van der Waals surface area contributed by atoms with Crippen LogP contribution in [0.1, 0.15) is 101 Å². The fourth-order valence-electron chi connectivity index (χ4n) is 12.0. The SMILES string of the molecule is CC1(C)CCC(C)(C)c2cc(N(c3ccc4c(c3)Oc3ccccc3C43C4CCC(CC5CC3C5)C4)c3cccc4c3oc3ccccc34)ccc21. The van der Waals surface area contributed by atoms with Crippen molar-refractivity contribution >= 4 is 39.0 Å². The summed E-state index contributed by atoms with van der Waals surface area (Å²) >= 11 is 0. The number of para-hydroxylation sites is 3. The van der Waals surface area contributed by atoms with E-state index in [2.05, 4.69) is 136 Å². The average molecular weight is 684 g/mol. The molecule has 1 aromatic heterocycles. The number of furan rings is 1. The summed E-state index contributed by atoms with van der Waals surface area (Å²) < 4.78 is 13.8. The normalized spacial score (nSPS) is 27.5. The number of ether oxygens (including phenoxy) is 1. The molecule has 3 unspecified atom stereocenters. The molecule has 2 heterocycles. The Kier molecular flexibility index (Phi) is 6.44. The number of fused-ring (bicyclic) bond motifs is 6. The van der Waals surface area contributed by atoms with Crippen LogP contribution in [0, 0.1) is 23.7 Å². The molecule has 6 aromatic rings. The lowest BCUT2D eigenvalue weighted by molar-refractivity contribution is 0.0407. The highest BCUT2D eigenvalue weighted by molar-refractivity contribution is 6.10. The van der Waals surface area contributed by atoms with Crippen LogP contribution in [0.3, 0.4) is 0 Å². The molecule has 4 bridgehead atoms. The zero-order valence-corrected chi connectivity index (χ0v) is 31.0. The first-order valence-electron chi connectivity index (χ1n) is 20.0. The number of anilines is 3. The van der Waals surface area contributed by atoms with Gasteiger partial charge in [-0.15, -0.1) is 0 Å². The van der Waals surface area contributed by atoms with Crippen LogP contribution in [0.2, 0.25) is 0 Å². The van der Waals surface area contributed by atoms with Crippen LogP contribution in [0.25, 0.3) is 21.9 Å². The molecular weight excluding hydrogens is 635 g/mol. The summed E-state index contributed by atoms with van der Waals surface area (Å²) in [4.78, 5) is 2.45. The molecule has 4 fully saturated rings. The Hall–Kier alpha value is -4.50. The van der Waals surface area contributed by atoms with Gasteiger partial charge in [-0.1, -0.05) is 94.8 Å². The number of rotatable bonds is 3. The first-order chi connectivity index (χ1) is 25.2. The number of hydrogen-bond donors (Lipinski definition) is 0. The van der Waals surface area contributed by atoms with Gasteiger partial charge in [-0.3, -0.25) is 0 Å². The van der Waals surface area contributed by atoms with Gasteiger partial charge in [0, 0.05) is 44.8 Å². The summed E-state index contributed by atoms with van der Waals surface area (Å²) in [6.07, 6.45) is 10.6. The Labute approximate surface area is 308 Å². The van der Waals surface area contributed by atoms with Crippen LogP contribution in [0.5, 0.6) is 11.5 Å². The van der Waals surface area contributed by atoms with Gasteiger partial charge in [0.05, 0.1) is 5.69 Å². The Bertz CT molecular complexity index is 2410. The molecule has 1 spiro atoms. The number of nitrogens with zero attached hydrogens (tertiary/aromatic N) is 1. The maximum absolute atomic E-state index is 7.05. The van der Waals surface area contributed by atoms with E-state index in [-0.39, 0.29) is 16.2 Å². The maximum atomic E-state index is 7.05. The van der Waals surface area contributed by atoms with Gasteiger partial charge in [0.25, 0.3) is 0 Å². The summed E-state index contributed by atoms with van der Waals surface area (Å²) in [5, 5.41) is 2.29. The van der Waals surface area contributed by atoms with Gasteiger partial charge >= 0.3 is 0 Å². The first-order valence-corrected chi connectivity index (χ1v) is 20.0. The van der Waals surface area contributed by atoms with Gasteiger partial charge in [-0.25, -0.2) is 0 Å². The summed E-state index contributed by atoms with van der Waals surface area (Å²) in [6.45, 7) is 9.67. The maximum Gasteiger partial charge on any atom is 0.159 e. The Morgan fingerprint density at radius 1 is 0.558 bits per heavy atom. The predicted molar refractivity (Wildman–Crippen MR) is 213 cm³/mol. The van der Waals surface area contributed by atoms with Gasteiger partial charge in [0.1, 0.15) is 17.1 Å². The number of hydrogen-bond acceptors (Lipinski definition) is 3. The lowest BCUT2D eigenvalue weighted by atomic mass is 9.48. The van der Waals surface area contributed by atoms with Crippen LogP contribution >= 0.6 is 0 Å². The topological polar surface area (TPSA) is 25.6 Å². The van der Waals surface area contributed by atoms with Crippen molar-refractivity contribution in [3.63, 3.8) is 0 Å². The van der Waals surface area contributed by atoms with E-state index in [0.717, 1.165) is 62.3 Å². The van der Waals surface area contributed by atoms with Crippen molar-refractivity contribution in [1.29, 1.82) is 0 Å². The molecular formula is C49H49NO2. The molecule has 5 aromatic carbocycles. The van der Waals surface area contributed by atoms with E-state index in [4.69, 9.17) is 9.15 Å². The first kappa shape index (κ1) is 31.1. The molecule has 0 radical (unpaired) electrons. The van der Waals surface area contributed by atoms with Gasteiger partial charge in [0.2, 0.25) is 0 Å². The summed E-state index contributed by atoms with van der Waals surface area (Å²) in [5.74, 6) is 5.19. The third-order valence-corrected chi connectivity index (χ3v) is 14.7. The fourth-order valence-corrected chi connectivity index (χ4v) is 12.0. The highest BCUT2D eigenvalue weighted by atomic mass is 16.5. The van der Waals surface area contributed by atoms with E-state index in [0.29, 0.717) is 11.8 Å². The van der Waals surface area contributed by atoms with Gasteiger partial charge in [-0.05, 0) is 127 Å². The zero-order chi connectivity index (χ0) is 35.0. The highest BCUT2D eigenvalue weighted by Gasteiger charge is 2.59. The second kappa shape index (κ2) is 10.8. The smallest absolute Gasteiger partial charge is 0.159 e. The predicted octanol–water partition coefficient (Wildman–Crippen LogP) is 13.6. The molecule has 3 nitrogen and oxygen atoms in total. The minimum absolute atomic E-state index is 0.0133. The van der Waals surface area contributed by atoms with Crippen molar-refractivity contribution in [1.82, 2.24) is 0 Å². The van der Waals surface area contributed by atoms with Crippen LogP contribution in [0.15, 0.2) is 108 Å². The monoisotopic (exact) mass is 683 g/mol. The van der Waals surface area contributed by atoms with Gasteiger partial charge in [0.15, 0.2) is 5.58 Å². The van der Waals surface area contributed by atoms with Crippen molar-refractivity contribution in [3.8, 4) is 11.5 Å². The molecule has 0 amide bonds. The second-order valence-corrected chi connectivity index (χ2v) is 18.4.